The molecular weight excluding hydrogens is 246 g/mol. The first-order chi connectivity index (χ1) is 8.89. The van der Waals surface area contributed by atoms with Gasteiger partial charge in [0.25, 0.3) is 0 Å². The van der Waals surface area contributed by atoms with Gasteiger partial charge in [0.2, 0.25) is 0 Å². The largest absolute Gasteiger partial charge is 0.314 e. The molecule has 0 saturated carbocycles. The fourth-order valence-electron chi connectivity index (χ4n) is 2.68. The van der Waals surface area contributed by atoms with E-state index in [1.807, 2.05) is 0 Å². The van der Waals surface area contributed by atoms with Crippen molar-refractivity contribution in [3.63, 3.8) is 0 Å². The van der Waals surface area contributed by atoms with Crippen molar-refractivity contribution in [1.82, 2.24) is 10.2 Å². The van der Waals surface area contributed by atoms with Gasteiger partial charge < -0.3 is 5.32 Å². The Balaban J connectivity index is 2.18. The lowest BCUT2D eigenvalue weighted by Gasteiger charge is -2.43. The first kappa shape index (κ1) is 14.4. The lowest BCUT2D eigenvalue weighted by molar-refractivity contribution is 0.0678. The monoisotopic (exact) mass is 268 g/mol. The van der Waals surface area contributed by atoms with Gasteiger partial charge >= 0.3 is 0 Å². The van der Waals surface area contributed by atoms with Crippen molar-refractivity contribution in [3.8, 4) is 0 Å². The highest BCUT2D eigenvalue weighted by molar-refractivity contribution is 5.19. The van der Waals surface area contributed by atoms with Crippen molar-refractivity contribution in [1.29, 1.82) is 0 Å². The Morgan fingerprint density at radius 2 is 2.05 bits per heavy atom. The van der Waals surface area contributed by atoms with Crippen molar-refractivity contribution in [2.75, 3.05) is 19.6 Å². The highest BCUT2D eigenvalue weighted by atomic mass is 19.2. The van der Waals surface area contributed by atoms with Crippen molar-refractivity contribution in [2.24, 2.45) is 5.41 Å². The quantitative estimate of drug-likeness (QED) is 0.887. The first-order valence-corrected chi connectivity index (χ1v) is 6.77. The molecule has 1 saturated heterocycles. The summed E-state index contributed by atoms with van der Waals surface area (Å²) < 4.78 is 27.0. The summed E-state index contributed by atoms with van der Waals surface area (Å²) in [6, 6.07) is 4.73. The Morgan fingerprint density at radius 3 is 2.74 bits per heavy atom. The molecule has 1 aromatic carbocycles. The van der Waals surface area contributed by atoms with E-state index in [4.69, 9.17) is 0 Å². The van der Waals surface area contributed by atoms with Crippen LogP contribution in [0.3, 0.4) is 0 Å². The van der Waals surface area contributed by atoms with Gasteiger partial charge in [0.1, 0.15) is 0 Å². The highest BCUT2D eigenvalue weighted by Gasteiger charge is 2.32. The third-order valence-corrected chi connectivity index (χ3v) is 3.76. The van der Waals surface area contributed by atoms with Gasteiger partial charge in [-0.05, 0) is 11.5 Å². The van der Waals surface area contributed by atoms with Crippen molar-refractivity contribution >= 4 is 0 Å². The van der Waals surface area contributed by atoms with E-state index in [1.165, 1.54) is 0 Å². The Bertz CT molecular complexity index is 440. The molecule has 0 spiro atoms. The third kappa shape index (κ3) is 3.31. The van der Waals surface area contributed by atoms with E-state index in [9.17, 15) is 8.78 Å². The van der Waals surface area contributed by atoms with Gasteiger partial charge in [0, 0.05) is 37.8 Å². The molecule has 0 bridgehead atoms. The molecule has 0 amide bonds. The molecule has 1 atom stereocenters. The zero-order valence-electron chi connectivity index (χ0n) is 11.8. The predicted octanol–water partition coefficient (Wildman–Crippen LogP) is 2.78. The molecule has 0 radical (unpaired) electrons. The predicted molar refractivity (Wildman–Crippen MR) is 72.9 cm³/mol. The van der Waals surface area contributed by atoms with Gasteiger partial charge in [-0.2, -0.15) is 0 Å². The minimum Gasteiger partial charge on any atom is -0.314 e. The van der Waals surface area contributed by atoms with Gasteiger partial charge in [0.05, 0.1) is 0 Å². The van der Waals surface area contributed by atoms with Crippen LogP contribution in [0.15, 0.2) is 18.2 Å². The molecule has 0 aliphatic carbocycles. The van der Waals surface area contributed by atoms with Gasteiger partial charge in [-0.1, -0.05) is 32.9 Å². The summed E-state index contributed by atoms with van der Waals surface area (Å²) in [7, 11) is 0. The van der Waals surface area contributed by atoms with Crippen LogP contribution in [0.25, 0.3) is 0 Å². The minimum absolute atomic E-state index is 0.108. The zero-order valence-corrected chi connectivity index (χ0v) is 11.8. The summed E-state index contributed by atoms with van der Waals surface area (Å²) in [6.45, 7) is 9.65. The molecular formula is C15H22F2N2. The van der Waals surface area contributed by atoms with E-state index >= 15 is 0 Å². The maximum atomic E-state index is 13.8. The van der Waals surface area contributed by atoms with Gasteiger partial charge in [0.15, 0.2) is 11.6 Å². The molecule has 1 fully saturated rings. The number of hydrogen-bond acceptors (Lipinski definition) is 2. The molecule has 4 heteroatoms. The molecule has 1 unspecified atom stereocenters. The molecule has 1 aliphatic heterocycles. The van der Waals surface area contributed by atoms with Crippen LogP contribution in [-0.4, -0.2) is 30.6 Å². The second kappa shape index (κ2) is 5.55. The Labute approximate surface area is 113 Å². The molecule has 0 aromatic heterocycles. The molecule has 106 valence electrons. The molecule has 2 rings (SSSR count). The first-order valence-electron chi connectivity index (χ1n) is 6.77. The van der Waals surface area contributed by atoms with E-state index < -0.39 is 11.6 Å². The van der Waals surface area contributed by atoms with E-state index in [-0.39, 0.29) is 5.41 Å². The van der Waals surface area contributed by atoms with E-state index in [0.717, 1.165) is 25.7 Å². The van der Waals surface area contributed by atoms with E-state index in [1.54, 1.807) is 12.1 Å². The van der Waals surface area contributed by atoms with E-state index in [0.29, 0.717) is 18.2 Å². The van der Waals surface area contributed by atoms with Crippen molar-refractivity contribution in [3.05, 3.63) is 35.4 Å². The Morgan fingerprint density at radius 1 is 1.32 bits per heavy atom. The fraction of sp³-hybridized carbons (Fsp3) is 0.600. The fourth-order valence-corrected chi connectivity index (χ4v) is 2.68. The van der Waals surface area contributed by atoms with E-state index in [2.05, 4.69) is 31.0 Å². The standard InChI is InChI=1S/C15H22F2N2/c1-15(2,3)13-9-18-7-8-19(13)10-11-5-4-6-12(16)14(11)17/h4-6,13,18H,7-10H2,1-3H3. The number of benzene rings is 1. The number of rotatable bonds is 2. The van der Waals surface area contributed by atoms with Crippen LogP contribution in [0.1, 0.15) is 26.3 Å². The highest BCUT2D eigenvalue weighted by Crippen LogP contribution is 2.27. The van der Waals surface area contributed by atoms with Gasteiger partial charge in [-0.25, -0.2) is 8.78 Å². The number of hydrogen-bond donors (Lipinski definition) is 1. The molecule has 19 heavy (non-hydrogen) atoms. The smallest absolute Gasteiger partial charge is 0.163 e. The summed E-state index contributed by atoms with van der Waals surface area (Å²) >= 11 is 0. The average molecular weight is 268 g/mol. The third-order valence-electron chi connectivity index (χ3n) is 3.76. The van der Waals surface area contributed by atoms with Crippen molar-refractivity contribution < 1.29 is 8.78 Å². The van der Waals surface area contributed by atoms with Crippen LogP contribution in [-0.2, 0) is 6.54 Å². The van der Waals surface area contributed by atoms with Crippen LogP contribution >= 0.6 is 0 Å². The molecule has 1 N–H and O–H groups in total. The topological polar surface area (TPSA) is 15.3 Å². The van der Waals surface area contributed by atoms with Crippen LogP contribution in [0, 0.1) is 17.0 Å². The summed E-state index contributed by atoms with van der Waals surface area (Å²) in [5.74, 6) is -1.48. The van der Waals surface area contributed by atoms with Crippen LogP contribution in [0.2, 0.25) is 0 Å². The SMILES string of the molecule is CC(C)(C)C1CNCCN1Cc1cccc(F)c1F. The summed E-state index contributed by atoms with van der Waals surface area (Å²) in [4.78, 5) is 2.24. The van der Waals surface area contributed by atoms with Crippen LogP contribution in [0.4, 0.5) is 8.78 Å². The summed E-state index contributed by atoms with van der Waals surface area (Å²) in [5.41, 5.74) is 0.549. The number of piperazine rings is 1. The maximum Gasteiger partial charge on any atom is 0.163 e. The van der Waals surface area contributed by atoms with Crippen LogP contribution in [0.5, 0.6) is 0 Å². The lowest BCUT2D eigenvalue weighted by Crippen LogP contribution is -2.56. The normalized spacial score (nSPS) is 21.6. The minimum atomic E-state index is -0.764. The number of nitrogens with zero attached hydrogens (tertiary/aromatic N) is 1. The summed E-state index contributed by atoms with van der Waals surface area (Å²) in [6.07, 6.45) is 0. The second-order valence-electron chi connectivity index (χ2n) is 6.27. The Kier molecular flexibility index (Phi) is 4.21. The number of nitrogens with one attached hydrogen (secondary N) is 1. The lowest BCUT2D eigenvalue weighted by atomic mass is 9.84. The molecule has 1 heterocycles. The summed E-state index contributed by atoms with van der Waals surface area (Å²) in [5, 5.41) is 3.37. The van der Waals surface area contributed by atoms with Gasteiger partial charge in [-0.3, -0.25) is 4.90 Å². The van der Waals surface area contributed by atoms with Crippen LogP contribution < -0.4 is 5.32 Å². The zero-order chi connectivity index (χ0) is 14.0. The maximum absolute atomic E-state index is 13.8. The van der Waals surface area contributed by atoms with Gasteiger partial charge in [-0.15, -0.1) is 0 Å². The molecule has 1 aromatic rings. The van der Waals surface area contributed by atoms with Crippen molar-refractivity contribution in [2.45, 2.75) is 33.4 Å². The molecule has 1 aliphatic rings. The Hall–Kier alpha value is -1.00. The number of halogens is 2. The average Bonchev–Trinajstić information content (AvgIpc) is 2.34. The molecule has 2 nitrogen and oxygen atoms in total. The second-order valence-corrected chi connectivity index (χ2v) is 6.27.